The molecule has 4 heteroatoms. The summed E-state index contributed by atoms with van der Waals surface area (Å²) in [6.45, 7) is 1.90. The number of rotatable bonds is 2. The molecule has 78 valence electrons. The van der Waals surface area contributed by atoms with E-state index < -0.39 is 0 Å². The van der Waals surface area contributed by atoms with E-state index in [-0.39, 0.29) is 0 Å². The summed E-state index contributed by atoms with van der Waals surface area (Å²) < 4.78 is 5.29. The van der Waals surface area contributed by atoms with Crippen molar-refractivity contribution in [3.05, 3.63) is 24.0 Å². The van der Waals surface area contributed by atoms with Gasteiger partial charge in [-0.25, -0.2) is 4.98 Å². The summed E-state index contributed by atoms with van der Waals surface area (Å²) in [5.74, 6) is 0. The van der Waals surface area contributed by atoms with E-state index in [0.29, 0.717) is 11.8 Å². The van der Waals surface area contributed by atoms with E-state index in [1.54, 1.807) is 19.4 Å². The molecule has 0 spiro atoms. The fraction of sp³-hybridized carbons (Fsp3) is 0.455. The third kappa shape index (κ3) is 2.08. The van der Waals surface area contributed by atoms with Crippen molar-refractivity contribution in [3.8, 4) is 6.07 Å². The number of hydrogen-bond donors (Lipinski definition) is 0. The SMILES string of the molecule is COC1CCN(c2ccc(C#N)nc2)C1. The zero-order chi connectivity index (χ0) is 10.7. The number of methoxy groups -OCH3 is 1. The van der Waals surface area contributed by atoms with Crippen molar-refractivity contribution >= 4 is 5.69 Å². The van der Waals surface area contributed by atoms with E-state index in [4.69, 9.17) is 10.00 Å². The molecule has 2 rings (SSSR count). The molecular weight excluding hydrogens is 190 g/mol. The summed E-state index contributed by atoms with van der Waals surface area (Å²) in [7, 11) is 1.74. The largest absolute Gasteiger partial charge is 0.380 e. The van der Waals surface area contributed by atoms with Crippen LogP contribution in [0.2, 0.25) is 0 Å². The number of nitrogens with zero attached hydrogens (tertiary/aromatic N) is 3. The van der Waals surface area contributed by atoms with Crippen molar-refractivity contribution in [2.45, 2.75) is 12.5 Å². The molecule has 1 saturated heterocycles. The molecule has 4 nitrogen and oxygen atoms in total. The van der Waals surface area contributed by atoms with Crippen LogP contribution in [0.3, 0.4) is 0 Å². The van der Waals surface area contributed by atoms with Crippen LogP contribution in [0.15, 0.2) is 18.3 Å². The van der Waals surface area contributed by atoms with Crippen molar-refractivity contribution in [2.24, 2.45) is 0 Å². The first-order chi connectivity index (χ1) is 7.33. The van der Waals surface area contributed by atoms with Gasteiger partial charge in [0.15, 0.2) is 0 Å². The van der Waals surface area contributed by atoms with Gasteiger partial charge in [-0.05, 0) is 18.6 Å². The Kier molecular flexibility index (Phi) is 2.84. The third-order valence-electron chi connectivity index (χ3n) is 2.71. The quantitative estimate of drug-likeness (QED) is 0.724. The molecule has 0 N–H and O–H groups in total. The van der Waals surface area contributed by atoms with Crippen molar-refractivity contribution in [3.63, 3.8) is 0 Å². The van der Waals surface area contributed by atoms with Gasteiger partial charge < -0.3 is 9.64 Å². The van der Waals surface area contributed by atoms with E-state index in [2.05, 4.69) is 9.88 Å². The summed E-state index contributed by atoms with van der Waals surface area (Å²) in [5.41, 5.74) is 1.52. The van der Waals surface area contributed by atoms with E-state index >= 15 is 0 Å². The summed E-state index contributed by atoms with van der Waals surface area (Å²) in [5, 5.41) is 8.63. The Labute approximate surface area is 89.1 Å². The van der Waals surface area contributed by atoms with E-state index in [0.717, 1.165) is 25.2 Å². The summed E-state index contributed by atoms with van der Waals surface area (Å²) in [4.78, 5) is 6.27. The molecule has 1 aliphatic rings. The van der Waals surface area contributed by atoms with E-state index in [9.17, 15) is 0 Å². The normalized spacial score (nSPS) is 20.3. The molecule has 0 aliphatic carbocycles. The molecule has 0 bridgehead atoms. The molecular formula is C11H13N3O. The maximum absolute atomic E-state index is 8.63. The van der Waals surface area contributed by atoms with Crippen LogP contribution in [0.25, 0.3) is 0 Å². The molecule has 0 amide bonds. The molecule has 1 aromatic rings. The topological polar surface area (TPSA) is 49.1 Å². The highest BCUT2D eigenvalue weighted by atomic mass is 16.5. The highest BCUT2D eigenvalue weighted by Gasteiger charge is 2.22. The lowest BCUT2D eigenvalue weighted by Crippen LogP contribution is -2.22. The third-order valence-corrected chi connectivity index (χ3v) is 2.71. The number of pyridine rings is 1. The van der Waals surface area contributed by atoms with Crippen LogP contribution < -0.4 is 4.90 Å². The van der Waals surface area contributed by atoms with Gasteiger partial charge in [-0.15, -0.1) is 0 Å². The molecule has 1 aromatic heterocycles. The van der Waals surface area contributed by atoms with Crippen molar-refractivity contribution in [1.82, 2.24) is 4.98 Å². The van der Waals surface area contributed by atoms with Gasteiger partial charge in [-0.3, -0.25) is 0 Å². The number of aromatic nitrogens is 1. The molecule has 1 aliphatic heterocycles. The second-order valence-electron chi connectivity index (χ2n) is 3.61. The Morgan fingerprint density at radius 1 is 1.60 bits per heavy atom. The van der Waals surface area contributed by atoms with Gasteiger partial charge in [0.25, 0.3) is 0 Å². The lowest BCUT2D eigenvalue weighted by Gasteiger charge is -2.17. The number of nitriles is 1. The van der Waals surface area contributed by atoms with Crippen molar-refractivity contribution in [1.29, 1.82) is 5.26 Å². The summed E-state index contributed by atoms with van der Waals surface area (Å²) in [6, 6.07) is 5.69. The minimum Gasteiger partial charge on any atom is -0.380 e. The van der Waals surface area contributed by atoms with Crippen LogP contribution in [-0.2, 0) is 4.74 Å². The number of ether oxygens (including phenoxy) is 1. The van der Waals surface area contributed by atoms with E-state index in [1.165, 1.54) is 0 Å². The standard InChI is InChI=1S/C11H13N3O/c1-15-11-4-5-14(8-11)10-3-2-9(6-12)13-7-10/h2-3,7,11H,4-5,8H2,1H3. The zero-order valence-corrected chi connectivity index (χ0v) is 8.68. The van der Waals surface area contributed by atoms with Crippen LogP contribution in [0.1, 0.15) is 12.1 Å². The second kappa shape index (κ2) is 4.28. The van der Waals surface area contributed by atoms with Gasteiger partial charge in [0.1, 0.15) is 11.8 Å². The molecule has 0 saturated carbocycles. The minimum absolute atomic E-state index is 0.320. The molecule has 15 heavy (non-hydrogen) atoms. The highest BCUT2D eigenvalue weighted by Crippen LogP contribution is 2.20. The Balaban J connectivity index is 2.08. The van der Waals surface area contributed by atoms with Crippen molar-refractivity contribution in [2.75, 3.05) is 25.1 Å². The lowest BCUT2D eigenvalue weighted by molar-refractivity contribution is 0.121. The van der Waals surface area contributed by atoms with Gasteiger partial charge in [0.05, 0.1) is 18.0 Å². The van der Waals surface area contributed by atoms with Gasteiger partial charge >= 0.3 is 0 Å². The van der Waals surface area contributed by atoms with Crippen LogP contribution in [0.5, 0.6) is 0 Å². The predicted molar refractivity (Wildman–Crippen MR) is 56.6 cm³/mol. The molecule has 2 heterocycles. The van der Waals surface area contributed by atoms with Crippen molar-refractivity contribution < 1.29 is 4.74 Å². The van der Waals surface area contributed by atoms with Gasteiger partial charge in [-0.1, -0.05) is 0 Å². The van der Waals surface area contributed by atoms with Crippen LogP contribution in [0.4, 0.5) is 5.69 Å². The van der Waals surface area contributed by atoms with Gasteiger partial charge in [-0.2, -0.15) is 5.26 Å². The monoisotopic (exact) mass is 203 g/mol. The maximum Gasteiger partial charge on any atom is 0.140 e. The lowest BCUT2D eigenvalue weighted by atomic mass is 10.3. The number of hydrogen-bond acceptors (Lipinski definition) is 4. The maximum atomic E-state index is 8.63. The average molecular weight is 203 g/mol. The van der Waals surface area contributed by atoms with Gasteiger partial charge in [0.2, 0.25) is 0 Å². The minimum atomic E-state index is 0.320. The zero-order valence-electron chi connectivity index (χ0n) is 8.68. The van der Waals surface area contributed by atoms with Gasteiger partial charge in [0, 0.05) is 20.2 Å². The summed E-state index contributed by atoms with van der Waals surface area (Å²) in [6.07, 6.45) is 3.12. The number of anilines is 1. The smallest absolute Gasteiger partial charge is 0.140 e. The molecule has 0 radical (unpaired) electrons. The van der Waals surface area contributed by atoms with Crippen LogP contribution in [0, 0.1) is 11.3 Å². The highest BCUT2D eigenvalue weighted by molar-refractivity contribution is 5.46. The fourth-order valence-corrected chi connectivity index (χ4v) is 1.79. The first-order valence-electron chi connectivity index (χ1n) is 4.97. The fourth-order valence-electron chi connectivity index (χ4n) is 1.79. The Hall–Kier alpha value is -1.60. The Bertz CT molecular complexity index is 368. The molecule has 1 fully saturated rings. The first kappa shape index (κ1) is 9.94. The average Bonchev–Trinajstić information content (AvgIpc) is 2.78. The van der Waals surface area contributed by atoms with E-state index in [1.807, 2.05) is 12.1 Å². The Morgan fingerprint density at radius 2 is 2.47 bits per heavy atom. The second-order valence-corrected chi connectivity index (χ2v) is 3.61. The molecule has 0 aromatic carbocycles. The predicted octanol–water partition coefficient (Wildman–Crippen LogP) is 1.18. The molecule has 1 atom stereocenters. The van der Waals surface area contributed by atoms with Crippen LogP contribution in [-0.4, -0.2) is 31.3 Å². The summed E-state index contributed by atoms with van der Waals surface area (Å²) >= 11 is 0. The molecule has 1 unspecified atom stereocenters. The first-order valence-corrected chi connectivity index (χ1v) is 4.97. The Morgan fingerprint density at radius 3 is 3.00 bits per heavy atom. The van der Waals surface area contributed by atoms with Crippen LogP contribution >= 0.6 is 0 Å².